The highest BCUT2D eigenvalue weighted by atomic mass is 16.5. The van der Waals surface area contributed by atoms with Gasteiger partial charge in [0.2, 0.25) is 6.23 Å². The number of nitrogens with zero attached hydrogens (tertiary/aromatic N) is 2. The van der Waals surface area contributed by atoms with Crippen LogP contribution < -0.4 is 4.74 Å². The highest BCUT2D eigenvalue weighted by Gasteiger charge is 2.31. The quantitative estimate of drug-likeness (QED) is 0.683. The number of aromatic nitrogens is 2. The average molecular weight is 332 g/mol. The molecule has 0 aliphatic carbocycles. The van der Waals surface area contributed by atoms with Crippen LogP contribution in [0.2, 0.25) is 0 Å². The predicted octanol–water partition coefficient (Wildman–Crippen LogP) is 3.89. The van der Waals surface area contributed by atoms with Crippen LogP contribution in [-0.4, -0.2) is 21.1 Å². The van der Waals surface area contributed by atoms with E-state index in [2.05, 4.69) is 4.98 Å². The van der Waals surface area contributed by atoms with Crippen LogP contribution in [0.5, 0.6) is 5.75 Å². The smallest absolute Gasteiger partial charge is 0.204 e. The second-order valence-electron chi connectivity index (χ2n) is 6.04. The molecule has 0 spiro atoms. The minimum Gasteiger partial charge on any atom is -0.465 e. The normalized spacial score (nSPS) is 15.0. The molecule has 124 valence electrons. The van der Waals surface area contributed by atoms with Gasteiger partial charge in [0.1, 0.15) is 17.3 Å². The van der Waals surface area contributed by atoms with Gasteiger partial charge in [0.25, 0.3) is 0 Å². The molecule has 5 heteroatoms. The molecule has 0 fully saturated rings. The van der Waals surface area contributed by atoms with E-state index in [9.17, 15) is 9.59 Å². The molecule has 3 aromatic rings. The van der Waals surface area contributed by atoms with Gasteiger partial charge in [0, 0.05) is 18.1 Å². The molecule has 2 aromatic carbocycles. The minimum absolute atomic E-state index is 0.0269. The van der Waals surface area contributed by atoms with Crippen molar-refractivity contribution in [2.75, 3.05) is 0 Å². The molecule has 1 aliphatic rings. The number of imidazole rings is 1. The van der Waals surface area contributed by atoms with Gasteiger partial charge >= 0.3 is 0 Å². The SMILES string of the molecule is CC(=O)c1ccc2c(c1)OC(c1ccccc1)n1c(C(C)=O)cnc1-2. The summed E-state index contributed by atoms with van der Waals surface area (Å²) in [6.45, 7) is 3.04. The molecule has 0 saturated carbocycles. The van der Waals surface area contributed by atoms with Crippen molar-refractivity contribution < 1.29 is 14.3 Å². The van der Waals surface area contributed by atoms with Gasteiger partial charge in [-0.2, -0.15) is 0 Å². The summed E-state index contributed by atoms with van der Waals surface area (Å²) in [6.07, 6.45) is 1.07. The highest BCUT2D eigenvalue weighted by molar-refractivity contribution is 5.96. The summed E-state index contributed by atoms with van der Waals surface area (Å²) in [4.78, 5) is 28.2. The fourth-order valence-corrected chi connectivity index (χ4v) is 3.09. The van der Waals surface area contributed by atoms with Crippen molar-refractivity contribution >= 4 is 11.6 Å². The molecule has 5 nitrogen and oxygen atoms in total. The third kappa shape index (κ3) is 2.45. The van der Waals surface area contributed by atoms with Crippen LogP contribution in [0, 0.1) is 0 Å². The van der Waals surface area contributed by atoms with Gasteiger partial charge in [-0.25, -0.2) is 4.98 Å². The van der Waals surface area contributed by atoms with E-state index in [0.29, 0.717) is 22.8 Å². The Morgan fingerprint density at radius 1 is 1.04 bits per heavy atom. The zero-order valence-electron chi connectivity index (χ0n) is 13.9. The Hall–Kier alpha value is -3.21. The Bertz CT molecular complexity index is 989. The first-order valence-electron chi connectivity index (χ1n) is 8.01. The monoisotopic (exact) mass is 332 g/mol. The number of carbonyl (C=O) groups excluding carboxylic acids is 2. The van der Waals surface area contributed by atoms with Gasteiger partial charge in [-0.1, -0.05) is 36.4 Å². The average Bonchev–Trinajstić information content (AvgIpc) is 3.06. The van der Waals surface area contributed by atoms with Gasteiger partial charge in [-0.05, 0) is 19.1 Å². The maximum absolute atomic E-state index is 12.0. The van der Waals surface area contributed by atoms with Crippen LogP contribution in [0.25, 0.3) is 11.4 Å². The lowest BCUT2D eigenvalue weighted by molar-refractivity contribution is 0.0983. The number of hydrogen-bond donors (Lipinski definition) is 0. The van der Waals surface area contributed by atoms with Crippen LogP contribution in [0.3, 0.4) is 0 Å². The van der Waals surface area contributed by atoms with Crippen molar-refractivity contribution in [1.29, 1.82) is 0 Å². The lowest BCUT2D eigenvalue weighted by Crippen LogP contribution is -2.25. The predicted molar refractivity (Wildman–Crippen MR) is 92.9 cm³/mol. The van der Waals surface area contributed by atoms with Crippen LogP contribution in [0.15, 0.2) is 54.7 Å². The fourth-order valence-electron chi connectivity index (χ4n) is 3.09. The molecule has 2 heterocycles. The maximum Gasteiger partial charge on any atom is 0.204 e. The lowest BCUT2D eigenvalue weighted by atomic mass is 10.0. The Morgan fingerprint density at radius 3 is 2.48 bits per heavy atom. The van der Waals surface area contributed by atoms with Crippen LogP contribution in [0.4, 0.5) is 0 Å². The van der Waals surface area contributed by atoms with Gasteiger partial charge < -0.3 is 4.74 Å². The van der Waals surface area contributed by atoms with Crippen LogP contribution >= 0.6 is 0 Å². The molecule has 0 radical (unpaired) electrons. The fraction of sp³-hybridized carbons (Fsp3) is 0.150. The topological polar surface area (TPSA) is 61.2 Å². The molecule has 1 unspecified atom stereocenters. The molecule has 4 rings (SSSR count). The van der Waals surface area contributed by atoms with E-state index < -0.39 is 6.23 Å². The van der Waals surface area contributed by atoms with Gasteiger partial charge in [-0.15, -0.1) is 0 Å². The van der Waals surface area contributed by atoms with Crippen molar-refractivity contribution in [3.8, 4) is 17.1 Å². The van der Waals surface area contributed by atoms with Crippen molar-refractivity contribution in [2.24, 2.45) is 0 Å². The van der Waals surface area contributed by atoms with E-state index in [1.807, 2.05) is 41.0 Å². The molecule has 0 N–H and O–H groups in total. The van der Waals surface area contributed by atoms with Gasteiger partial charge in [-0.3, -0.25) is 14.2 Å². The van der Waals surface area contributed by atoms with Gasteiger partial charge in [0.15, 0.2) is 11.6 Å². The first kappa shape index (κ1) is 15.3. The third-order valence-electron chi connectivity index (χ3n) is 4.34. The zero-order valence-corrected chi connectivity index (χ0v) is 13.9. The summed E-state index contributed by atoms with van der Waals surface area (Å²) in [5, 5.41) is 0. The molecule has 1 atom stereocenters. The number of ether oxygens (including phenoxy) is 1. The number of benzene rings is 2. The number of ketones is 2. The number of Topliss-reactive ketones (excluding diaryl/α,β-unsaturated/α-hetero) is 2. The van der Waals surface area contributed by atoms with Crippen molar-refractivity contribution in [1.82, 2.24) is 9.55 Å². The van der Waals surface area contributed by atoms with Crippen molar-refractivity contribution in [3.05, 3.63) is 71.5 Å². The Morgan fingerprint density at radius 2 is 1.80 bits per heavy atom. The second-order valence-corrected chi connectivity index (χ2v) is 6.04. The first-order chi connectivity index (χ1) is 12.1. The van der Waals surface area contributed by atoms with E-state index in [0.717, 1.165) is 11.1 Å². The van der Waals surface area contributed by atoms with E-state index in [-0.39, 0.29) is 11.6 Å². The van der Waals surface area contributed by atoms with Crippen molar-refractivity contribution in [3.63, 3.8) is 0 Å². The summed E-state index contributed by atoms with van der Waals surface area (Å²) in [5.74, 6) is 1.15. The molecule has 1 aromatic heterocycles. The number of hydrogen-bond acceptors (Lipinski definition) is 4. The zero-order chi connectivity index (χ0) is 17.6. The molecular weight excluding hydrogens is 316 g/mol. The molecule has 0 saturated heterocycles. The highest BCUT2D eigenvalue weighted by Crippen LogP contribution is 2.41. The van der Waals surface area contributed by atoms with Crippen LogP contribution in [-0.2, 0) is 0 Å². The molecule has 0 amide bonds. The van der Waals surface area contributed by atoms with Crippen LogP contribution in [0.1, 0.15) is 46.5 Å². The molecule has 1 aliphatic heterocycles. The van der Waals surface area contributed by atoms with Crippen molar-refractivity contribution in [2.45, 2.75) is 20.1 Å². The maximum atomic E-state index is 12.0. The standard InChI is InChI=1S/C20H16N2O3/c1-12(23)15-8-9-16-18(10-15)25-20(14-6-4-3-5-7-14)22-17(13(2)24)11-21-19(16)22/h3-11,20H,1-2H3. The minimum atomic E-state index is -0.507. The number of rotatable bonds is 3. The number of carbonyl (C=O) groups is 2. The summed E-state index contributed by atoms with van der Waals surface area (Å²) < 4.78 is 8.02. The lowest BCUT2D eigenvalue weighted by Gasteiger charge is -2.30. The molecule has 25 heavy (non-hydrogen) atoms. The van der Waals surface area contributed by atoms with E-state index >= 15 is 0 Å². The largest absolute Gasteiger partial charge is 0.465 e. The Kier molecular flexibility index (Phi) is 3.50. The van der Waals surface area contributed by atoms with E-state index in [1.54, 1.807) is 18.3 Å². The van der Waals surface area contributed by atoms with E-state index in [4.69, 9.17) is 4.74 Å². The summed E-state index contributed by atoms with van der Waals surface area (Å²) in [5.41, 5.74) is 2.75. The molecule has 0 bridgehead atoms. The molecular formula is C20H16N2O3. The van der Waals surface area contributed by atoms with Gasteiger partial charge in [0.05, 0.1) is 11.8 Å². The third-order valence-corrected chi connectivity index (χ3v) is 4.34. The van der Waals surface area contributed by atoms with E-state index in [1.165, 1.54) is 13.8 Å². The summed E-state index contributed by atoms with van der Waals surface area (Å²) in [7, 11) is 0. The second kappa shape index (κ2) is 5.70. The Labute approximate surface area is 144 Å². The Balaban J connectivity index is 1.95. The summed E-state index contributed by atoms with van der Waals surface area (Å²) in [6, 6.07) is 15.0. The summed E-state index contributed by atoms with van der Waals surface area (Å²) >= 11 is 0. The first-order valence-corrected chi connectivity index (χ1v) is 8.01. The number of fused-ring (bicyclic) bond motifs is 3.